The number of rotatable bonds is 7. The summed E-state index contributed by atoms with van der Waals surface area (Å²) >= 11 is 0. The van der Waals surface area contributed by atoms with Gasteiger partial charge in [0.15, 0.2) is 5.84 Å². The highest BCUT2D eigenvalue weighted by Crippen LogP contribution is 2.18. The van der Waals surface area contributed by atoms with Gasteiger partial charge in [0.1, 0.15) is 0 Å². The third-order valence-electron chi connectivity index (χ3n) is 4.34. The minimum Gasteiger partial charge on any atom is -0.409 e. The molecule has 6 nitrogen and oxygen atoms in total. The third-order valence-corrected chi connectivity index (χ3v) is 4.34. The van der Waals surface area contributed by atoms with E-state index in [0.29, 0.717) is 5.91 Å². The first-order chi connectivity index (χ1) is 10.0. The zero-order chi connectivity index (χ0) is 15.8. The molecule has 0 aromatic carbocycles. The van der Waals surface area contributed by atoms with Crippen molar-refractivity contribution in [1.29, 1.82) is 0 Å². The Hall–Kier alpha value is -1.30. The number of carbonyl (C=O) groups is 1. The minimum absolute atomic E-state index is 0.0886. The van der Waals surface area contributed by atoms with E-state index < -0.39 is 0 Å². The topological polar surface area (TPSA) is 82.2 Å². The molecule has 1 unspecified atom stereocenters. The average Bonchev–Trinajstić information content (AvgIpc) is 2.52. The summed E-state index contributed by atoms with van der Waals surface area (Å²) in [5.74, 6) is 0.701. The fraction of sp³-hybridized carbons (Fsp3) is 0.867. The molecule has 1 fully saturated rings. The van der Waals surface area contributed by atoms with Gasteiger partial charge in [0.2, 0.25) is 5.91 Å². The molecule has 21 heavy (non-hydrogen) atoms. The molecule has 0 aromatic heterocycles. The molecule has 0 spiro atoms. The van der Waals surface area contributed by atoms with Gasteiger partial charge in [-0.25, -0.2) is 0 Å². The molecule has 1 saturated heterocycles. The molecule has 1 rings (SSSR count). The summed E-state index contributed by atoms with van der Waals surface area (Å²) in [5.41, 5.74) is 5.65. The van der Waals surface area contributed by atoms with Crippen LogP contribution in [0.3, 0.4) is 0 Å². The summed E-state index contributed by atoms with van der Waals surface area (Å²) in [5, 5.41) is 11.8. The second-order valence-electron chi connectivity index (χ2n) is 5.84. The largest absolute Gasteiger partial charge is 0.409 e. The van der Waals surface area contributed by atoms with Crippen LogP contribution in [0.5, 0.6) is 0 Å². The normalized spacial score (nSPS) is 19.0. The summed E-state index contributed by atoms with van der Waals surface area (Å²) < 4.78 is 0. The summed E-state index contributed by atoms with van der Waals surface area (Å²) in [6.45, 7) is 9.18. The summed E-state index contributed by atoms with van der Waals surface area (Å²) in [6, 6.07) is -0.0886. The van der Waals surface area contributed by atoms with Gasteiger partial charge in [-0.2, -0.15) is 0 Å². The van der Waals surface area contributed by atoms with Gasteiger partial charge in [-0.15, -0.1) is 0 Å². The van der Waals surface area contributed by atoms with Crippen LogP contribution < -0.4 is 5.73 Å². The van der Waals surface area contributed by atoms with E-state index in [0.717, 1.165) is 51.9 Å². The number of piperazine rings is 1. The number of amides is 1. The van der Waals surface area contributed by atoms with Crippen molar-refractivity contribution in [3.8, 4) is 0 Å². The zero-order valence-electron chi connectivity index (χ0n) is 13.6. The van der Waals surface area contributed by atoms with Crippen molar-refractivity contribution in [1.82, 2.24) is 9.80 Å². The van der Waals surface area contributed by atoms with E-state index in [1.54, 1.807) is 0 Å². The first-order valence-electron chi connectivity index (χ1n) is 8.05. The van der Waals surface area contributed by atoms with Crippen molar-refractivity contribution >= 4 is 11.7 Å². The van der Waals surface area contributed by atoms with E-state index in [4.69, 9.17) is 10.9 Å². The smallest absolute Gasteiger partial charge is 0.225 e. The Labute approximate surface area is 128 Å². The van der Waals surface area contributed by atoms with Gasteiger partial charge in [-0.05, 0) is 19.8 Å². The van der Waals surface area contributed by atoms with Crippen LogP contribution in [0, 0.1) is 5.92 Å². The Kier molecular flexibility index (Phi) is 7.50. The Balaban J connectivity index is 2.53. The van der Waals surface area contributed by atoms with Gasteiger partial charge in [-0.1, -0.05) is 31.8 Å². The van der Waals surface area contributed by atoms with Crippen LogP contribution >= 0.6 is 0 Å². The SMILES string of the molecule is CCCC(CCC)C(=O)N1CCN(C(C)C(N)=NO)CC1. The van der Waals surface area contributed by atoms with Crippen LogP contribution in [0.2, 0.25) is 0 Å². The lowest BCUT2D eigenvalue weighted by Crippen LogP contribution is -2.55. The van der Waals surface area contributed by atoms with Crippen molar-refractivity contribution in [2.24, 2.45) is 16.8 Å². The van der Waals surface area contributed by atoms with Crippen molar-refractivity contribution in [3.63, 3.8) is 0 Å². The number of carbonyl (C=O) groups excluding carboxylic acids is 1. The van der Waals surface area contributed by atoms with Gasteiger partial charge in [0, 0.05) is 32.1 Å². The van der Waals surface area contributed by atoms with Crippen LogP contribution in [0.4, 0.5) is 0 Å². The van der Waals surface area contributed by atoms with Crippen LogP contribution in [0.15, 0.2) is 5.16 Å². The molecule has 6 heteroatoms. The van der Waals surface area contributed by atoms with E-state index in [1.807, 2.05) is 11.8 Å². The Morgan fingerprint density at radius 3 is 2.14 bits per heavy atom. The number of hydrogen-bond donors (Lipinski definition) is 2. The standard InChI is InChI=1S/C15H30N4O2/c1-4-6-13(7-5-2)15(20)19-10-8-18(9-11-19)12(3)14(16)17-21/h12-13,21H,4-11H2,1-3H3,(H2,16,17). The van der Waals surface area contributed by atoms with E-state index in [2.05, 4.69) is 23.9 Å². The Morgan fingerprint density at radius 1 is 1.19 bits per heavy atom. The quantitative estimate of drug-likeness (QED) is 0.323. The molecular formula is C15H30N4O2. The molecule has 3 N–H and O–H groups in total. The molecular weight excluding hydrogens is 268 g/mol. The molecule has 0 radical (unpaired) electrons. The van der Waals surface area contributed by atoms with E-state index in [9.17, 15) is 4.79 Å². The number of oxime groups is 1. The molecule has 122 valence electrons. The maximum Gasteiger partial charge on any atom is 0.225 e. The Morgan fingerprint density at radius 2 is 1.71 bits per heavy atom. The number of hydrogen-bond acceptors (Lipinski definition) is 4. The highest BCUT2D eigenvalue weighted by atomic mass is 16.4. The van der Waals surface area contributed by atoms with Crippen LogP contribution in [-0.4, -0.2) is 59.0 Å². The third kappa shape index (κ3) is 4.88. The van der Waals surface area contributed by atoms with Gasteiger partial charge in [0.05, 0.1) is 6.04 Å². The lowest BCUT2D eigenvalue weighted by atomic mass is 9.96. The average molecular weight is 298 g/mol. The van der Waals surface area contributed by atoms with Gasteiger partial charge >= 0.3 is 0 Å². The monoisotopic (exact) mass is 298 g/mol. The lowest BCUT2D eigenvalue weighted by molar-refractivity contribution is -0.138. The van der Waals surface area contributed by atoms with Crippen molar-refractivity contribution in [2.75, 3.05) is 26.2 Å². The summed E-state index contributed by atoms with van der Waals surface area (Å²) in [7, 11) is 0. The first-order valence-corrected chi connectivity index (χ1v) is 8.05. The van der Waals surface area contributed by atoms with Crippen LogP contribution in [0.1, 0.15) is 46.5 Å². The molecule has 1 aliphatic heterocycles. The van der Waals surface area contributed by atoms with Crippen molar-refractivity contribution < 1.29 is 10.0 Å². The maximum absolute atomic E-state index is 12.6. The fourth-order valence-electron chi connectivity index (χ4n) is 2.95. The molecule has 1 atom stereocenters. The lowest BCUT2D eigenvalue weighted by Gasteiger charge is -2.38. The molecule has 1 aliphatic rings. The number of nitrogens with zero attached hydrogens (tertiary/aromatic N) is 3. The molecule has 0 saturated carbocycles. The predicted octanol–water partition coefficient (Wildman–Crippen LogP) is 1.48. The number of nitrogens with two attached hydrogens (primary N) is 1. The highest BCUT2D eigenvalue weighted by Gasteiger charge is 2.28. The van der Waals surface area contributed by atoms with Gasteiger partial charge < -0.3 is 15.8 Å². The maximum atomic E-state index is 12.6. The molecule has 0 aliphatic carbocycles. The predicted molar refractivity (Wildman–Crippen MR) is 84.3 cm³/mol. The molecule has 1 amide bonds. The van der Waals surface area contributed by atoms with Crippen molar-refractivity contribution in [2.45, 2.75) is 52.5 Å². The zero-order valence-corrected chi connectivity index (χ0v) is 13.6. The van der Waals surface area contributed by atoms with Crippen LogP contribution in [0.25, 0.3) is 0 Å². The molecule has 1 heterocycles. The first kappa shape index (κ1) is 17.8. The summed E-state index contributed by atoms with van der Waals surface area (Å²) in [6.07, 6.45) is 4.06. The van der Waals surface area contributed by atoms with Crippen LogP contribution in [-0.2, 0) is 4.79 Å². The second-order valence-corrected chi connectivity index (χ2v) is 5.84. The van der Waals surface area contributed by atoms with E-state index in [-0.39, 0.29) is 17.8 Å². The van der Waals surface area contributed by atoms with E-state index >= 15 is 0 Å². The fourth-order valence-corrected chi connectivity index (χ4v) is 2.95. The molecule has 0 aromatic rings. The molecule has 0 bridgehead atoms. The van der Waals surface area contributed by atoms with Crippen molar-refractivity contribution in [3.05, 3.63) is 0 Å². The minimum atomic E-state index is -0.0886. The highest BCUT2D eigenvalue weighted by molar-refractivity contribution is 5.84. The van der Waals surface area contributed by atoms with E-state index in [1.165, 1.54) is 0 Å². The van der Waals surface area contributed by atoms with Gasteiger partial charge in [-0.3, -0.25) is 9.69 Å². The number of amidine groups is 1. The summed E-state index contributed by atoms with van der Waals surface area (Å²) in [4.78, 5) is 16.7. The Bertz CT molecular complexity index is 346. The second kappa shape index (κ2) is 8.87. The van der Waals surface area contributed by atoms with Gasteiger partial charge in [0.25, 0.3) is 0 Å².